The number of aromatic nitrogens is 3. The van der Waals surface area contributed by atoms with Crippen molar-refractivity contribution in [2.75, 3.05) is 13.7 Å². The number of ether oxygens (including phenoxy) is 1. The van der Waals surface area contributed by atoms with Crippen molar-refractivity contribution in [2.24, 2.45) is 0 Å². The molecule has 2 rings (SSSR count). The SMILES string of the molecule is COCCn1cnnc1-c1cccc(F)c1F. The average molecular weight is 239 g/mol. The smallest absolute Gasteiger partial charge is 0.169 e. The third-order valence-corrected chi connectivity index (χ3v) is 2.34. The second kappa shape index (κ2) is 5.01. The van der Waals surface area contributed by atoms with E-state index in [-0.39, 0.29) is 5.56 Å². The van der Waals surface area contributed by atoms with Crippen LogP contribution in [-0.2, 0) is 11.3 Å². The van der Waals surface area contributed by atoms with E-state index in [2.05, 4.69) is 10.2 Å². The van der Waals surface area contributed by atoms with Gasteiger partial charge in [0, 0.05) is 13.7 Å². The Bertz CT molecular complexity index is 513. The van der Waals surface area contributed by atoms with Crippen molar-refractivity contribution < 1.29 is 13.5 Å². The molecule has 0 atom stereocenters. The summed E-state index contributed by atoms with van der Waals surface area (Å²) < 4.78 is 33.2. The topological polar surface area (TPSA) is 39.9 Å². The van der Waals surface area contributed by atoms with E-state index in [0.29, 0.717) is 19.0 Å². The highest BCUT2D eigenvalue weighted by atomic mass is 19.2. The molecule has 0 radical (unpaired) electrons. The minimum Gasteiger partial charge on any atom is -0.383 e. The fourth-order valence-corrected chi connectivity index (χ4v) is 1.49. The van der Waals surface area contributed by atoms with Crippen LogP contribution in [0.25, 0.3) is 11.4 Å². The molecule has 0 aliphatic rings. The molecule has 6 heteroatoms. The van der Waals surface area contributed by atoms with Crippen molar-refractivity contribution in [3.63, 3.8) is 0 Å². The zero-order valence-corrected chi connectivity index (χ0v) is 9.23. The molecule has 4 nitrogen and oxygen atoms in total. The molecule has 0 unspecified atom stereocenters. The summed E-state index contributed by atoms with van der Waals surface area (Å²) in [5.74, 6) is -1.53. The molecule has 1 aromatic heterocycles. The zero-order valence-electron chi connectivity index (χ0n) is 9.23. The summed E-state index contributed by atoms with van der Waals surface area (Å²) in [6.45, 7) is 0.927. The Hall–Kier alpha value is -1.82. The van der Waals surface area contributed by atoms with Crippen molar-refractivity contribution in [1.29, 1.82) is 0 Å². The molecule has 0 N–H and O–H groups in total. The van der Waals surface area contributed by atoms with Crippen molar-refractivity contribution in [2.45, 2.75) is 6.54 Å². The summed E-state index contributed by atoms with van der Waals surface area (Å²) >= 11 is 0. The number of halogens is 2. The average Bonchev–Trinajstić information content (AvgIpc) is 2.78. The van der Waals surface area contributed by atoms with Crippen LogP contribution in [0.1, 0.15) is 0 Å². The highest BCUT2D eigenvalue weighted by Crippen LogP contribution is 2.22. The molecule has 0 amide bonds. The number of methoxy groups -OCH3 is 1. The van der Waals surface area contributed by atoms with Gasteiger partial charge in [0.2, 0.25) is 0 Å². The third-order valence-electron chi connectivity index (χ3n) is 2.34. The number of nitrogens with zero attached hydrogens (tertiary/aromatic N) is 3. The molecule has 0 aliphatic heterocycles. The highest BCUT2D eigenvalue weighted by Gasteiger charge is 2.14. The van der Waals surface area contributed by atoms with Crippen LogP contribution in [0, 0.1) is 11.6 Å². The Morgan fingerprint density at radius 3 is 2.94 bits per heavy atom. The maximum absolute atomic E-state index is 13.6. The number of rotatable bonds is 4. The fourth-order valence-electron chi connectivity index (χ4n) is 1.49. The summed E-state index contributed by atoms with van der Waals surface area (Å²) in [7, 11) is 1.56. The highest BCUT2D eigenvalue weighted by molar-refractivity contribution is 5.55. The lowest BCUT2D eigenvalue weighted by Gasteiger charge is -2.06. The molecular formula is C11H11F2N3O. The van der Waals surface area contributed by atoms with Gasteiger partial charge in [-0.25, -0.2) is 8.78 Å². The van der Waals surface area contributed by atoms with Gasteiger partial charge in [0.05, 0.1) is 12.2 Å². The summed E-state index contributed by atoms with van der Waals surface area (Å²) in [4.78, 5) is 0. The first-order valence-electron chi connectivity index (χ1n) is 5.05. The molecule has 0 saturated heterocycles. The van der Waals surface area contributed by atoms with Crippen molar-refractivity contribution in [3.05, 3.63) is 36.2 Å². The van der Waals surface area contributed by atoms with Gasteiger partial charge in [-0.15, -0.1) is 10.2 Å². The molecule has 0 spiro atoms. The van der Waals surface area contributed by atoms with Gasteiger partial charge in [-0.1, -0.05) is 6.07 Å². The maximum atomic E-state index is 13.6. The first-order valence-corrected chi connectivity index (χ1v) is 5.05. The lowest BCUT2D eigenvalue weighted by atomic mass is 10.2. The summed E-state index contributed by atoms with van der Waals surface area (Å²) in [6, 6.07) is 3.96. The van der Waals surface area contributed by atoms with Crippen LogP contribution >= 0.6 is 0 Å². The first-order chi connectivity index (χ1) is 8.24. The minimum absolute atomic E-state index is 0.0959. The van der Waals surface area contributed by atoms with Gasteiger partial charge in [0.25, 0.3) is 0 Å². The van der Waals surface area contributed by atoms with Crippen LogP contribution in [0.4, 0.5) is 8.78 Å². The van der Waals surface area contributed by atoms with Crippen molar-refractivity contribution in [1.82, 2.24) is 14.8 Å². The van der Waals surface area contributed by atoms with Gasteiger partial charge in [0.1, 0.15) is 6.33 Å². The van der Waals surface area contributed by atoms with Crippen LogP contribution < -0.4 is 0 Å². The van der Waals surface area contributed by atoms with Gasteiger partial charge < -0.3 is 9.30 Å². The Labute approximate surface area is 96.9 Å². The van der Waals surface area contributed by atoms with Crippen LogP contribution in [0.5, 0.6) is 0 Å². The lowest BCUT2D eigenvalue weighted by molar-refractivity contribution is 0.187. The van der Waals surface area contributed by atoms with E-state index in [1.165, 1.54) is 18.5 Å². The zero-order chi connectivity index (χ0) is 12.3. The predicted molar refractivity (Wildman–Crippen MR) is 57.3 cm³/mol. The molecule has 1 heterocycles. The summed E-state index contributed by atoms with van der Waals surface area (Å²) in [6.07, 6.45) is 1.46. The second-order valence-electron chi connectivity index (χ2n) is 3.44. The standard InChI is InChI=1S/C11H11F2N3O/c1-17-6-5-16-7-14-15-11(16)8-3-2-4-9(12)10(8)13/h2-4,7H,5-6H2,1H3. The molecule has 1 aromatic carbocycles. The van der Waals surface area contributed by atoms with Crippen molar-refractivity contribution in [3.8, 4) is 11.4 Å². The minimum atomic E-state index is -0.917. The monoisotopic (exact) mass is 239 g/mol. The molecule has 0 bridgehead atoms. The molecule has 90 valence electrons. The molecule has 0 saturated carbocycles. The van der Waals surface area contributed by atoms with Crippen LogP contribution in [0.15, 0.2) is 24.5 Å². The third kappa shape index (κ3) is 2.31. The molecule has 0 aliphatic carbocycles. The van der Waals surface area contributed by atoms with E-state index in [0.717, 1.165) is 6.07 Å². The largest absolute Gasteiger partial charge is 0.383 e. The number of hydrogen-bond acceptors (Lipinski definition) is 3. The molecular weight excluding hydrogens is 228 g/mol. The summed E-state index contributed by atoms with van der Waals surface area (Å²) in [5, 5.41) is 7.48. The number of benzene rings is 1. The Kier molecular flexibility index (Phi) is 3.43. The summed E-state index contributed by atoms with van der Waals surface area (Å²) in [5.41, 5.74) is 0.0959. The quantitative estimate of drug-likeness (QED) is 0.817. The second-order valence-corrected chi connectivity index (χ2v) is 3.44. The maximum Gasteiger partial charge on any atom is 0.169 e. The molecule has 0 fully saturated rings. The molecule has 17 heavy (non-hydrogen) atoms. The van der Waals surface area contributed by atoms with E-state index >= 15 is 0 Å². The van der Waals surface area contributed by atoms with Crippen LogP contribution in [0.3, 0.4) is 0 Å². The Balaban J connectivity index is 2.39. The predicted octanol–water partition coefficient (Wildman–Crippen LogP) is 1.87. The fraction of sp³-hybridized carbons (Fsp3) is 0.273. The van der Waals surface area contributed by atoms with Crippen LogP contribution in [-0.4, -0.2) is 28.5 Å². The molecule has 2 aromatic rings. The van der Waals surface area contributed by atoms with Crippen LogP contribution in [0.2, 0.25) is 0 Å². The van der Waals surface area contributed by atoms with Crippen molar-refractivity contribution >= 4 is 0 Å². The van der Waals surface area contributed by atoms with Gasteiger partial charge in [-0.05, 0) is 12.1 Å². The van der Waals surface area contributed by atoms with Gasteiger partial charge >= 0.3 is 0 Å². The van der Waals surface area contributed by atoms with E-state index in [1.54, 1.807) is 11.7 Å². The van der Waals surface area contributed by atoms with Gasteiger partial charge in [-0.3, -0.25) is 0 Å². The Morgan fingerprint density at radius 1 is 1.35 bits per heavy atom. The van der Waals surface area contributed by atoms with Gasteiger partial charge in [0.15, 0.2) is 17.5 Å². The van der Waals surface area contributed by atoms with E-state index in [4.69, 9.17) is 4.74 Å². The van der Waals surface area contributed by atoms with E-state index in [1.807, 2.05) is 0 Å². The van der Waals surface area contributed by atoms with Gasteiger partial charge in [-0.2, -0.15) is 0 Å². The number of hydrogen-bond donors (Lipinski definition) is 0. The first kappa shape index (κ1) is 11.7. The van der Waals surface area contributed by atoms with E-state index in [9.17, 15) is 8.78 Å². The van der Waals surface area contributed by atoms with E-state index < -0.39 is 11.6 Å². The Morgan fingerprint density at radius 2 is 2.18 bits per heavy atom. The lowest BCUT2D eigenvalue weighted by Crippen LogP contribution is -2.06. The normalized spacial score (nSPS) is 10.8.